The molecule has 0 spiro atoms. The van der Waals surface area contributed by atoms with Crippen molar-refractivity contribution in [1.82, 2.24) is 10.3 Å². The highest BCUT2D eigenvalue weighted by Gasteiger charge is 2.29. The van der Waals surface area contributed by atoms with Crippen molar-refractivity contribution in [2.24, 2.45) is 5.73 Å². The molecule has 11 heteroatoms. The number of aryl methyl sites for hydroxylation is 1. The minimum atomic E-state index is -1.49. The van der Waals surface area contributed by atoms with Crippen LogP contribution in [0.5, 0.6) is 5.75 Å². The number of ether oxygens (including phenoxy) is 2. The molecule has 0 aliphatic rings. The third kappa shape index (κ3) is 8.96. The highest BCUT2D eigenvalue weighted by molar-refractivity contribution is 5.94. The maximum absolute atomic E-state index is 15.2. The summed E-state index contributed by atoms with van der Waals surface area (Å²) in [6.45, 7) is 2.03. The van der Waals surface area contributed by atoms with Crippen molar-refractivity contribution in [1.29, 1.82) is 5.41 Å². The van der Waals surface area contributed by atoms with Gasteiger partial charge in [-0.15, -0.1) is 24.8 Å². The number of hydrogen-bond acceptors (Lipinski definition) is 5. The van der Waals surface area contributed by atoms with Crippen molar-refractivity contribution in [2.45, 2.75) is 32.4 Å². The number of benzene rings is 2. The van der Waals surface area contributed by atoms with Crippen molar-refractivity contribution >= 4 is 36.6 Å². The van der Waals surface area contributed by atoms with E-state index in [1.54, 1.807) is 43.6 Å². The summed E-state index contributed by atoms with van der Waals surface area (Å²) in [7, 11) is 0. The fourth-order valence-corrected chi connectivity index (χ4v) is 3.45. The minimum Gasteiger partial charge on any atom is -0.490 e. The summed E-state index contributed by atoms with van der Waals surface area (Å²) in [5, 5.41) is 10.1. The van der Waals surface area contributed by atoms with Crippen LogP contribution in [-0.2, 0) is 22.5 Å². The molecule has 7 nitrogen and oxygen atoms in total. The highest BCUT2D eigenvalue weighted by atomic mass is 35.5. The minimum absolute atomic E-state index is 0. The first kappa shape index (κ1) is 31.8. The maximum Gasteiger partial charge on any atom is 0.254 e. The number of nitrogen functional groups attached to an aromatic ring is 1. The van der Waals surface area contributed by atoms with Gasteiger partial charge in [-0.05, 0) is 55.2 Å². The molecule has 1 atom stereocenters. The van der Waals surface area contributed by atoms with Gasteiger partial charge in [-0.3, -0.25) is 15.2 Å². The van der Waals surface area contributed by atoms with Crippen molar-refractivity contribution < 1.29 is 23.0 Å². The molecular weight excluding hydrogens is 525 g/mol. The van der Waals surface area contributed by atoms with Gasteiger partial charge in [0.1, 0.15) is 11.7 Å². The zero-order chi connectivity index (χ0) is 25.2. The first-order valence-electron chi connectivity index (χ1n) is 11.2. The Morgan fingerprint density at radius 2 is 1.73 bits per heavy atom. The third-order valence-electron chi connectivity index (χ3n) is 5.27. The molecule has 3 rings (SSSR count). The molecule has 200 valence electrons. The number of pyridine rings is 1. The Kier molecular flexibility index (Phi) is 13.5. The smallest absolute Gasteiger partial charge is 0.254 e. The van der Waals surface area contributed by atoms with E-state index in [-0.39, 0.29) is 56.2 Å². The van der Waals surface area contributed by atoms with Gasteiger partial charge in [0.2, 0.25) is 0 Å². The predicted molar refractivity (Wildman–Crippen MR) is 143 cm³/mol. The Morgan fingerprint density at radius 1 is 1.05 bits per heavy atom. The number of rotatable bonds is 12. The summed E-state index contributed by atoms with van der Waals surface area (Å²) in [6.07, 6.45) is 3.24. The number of nitrogens with zero attached hydrogens (tertiary/aromatic N) is 1. The first-order chi connectivity index (χ1) is 16.9. The Balaban J connectivity index is 0.00000342. The van der Waals surface area contributed by atoms with Crippen molar-refractivity contribution in [2.75, 3.05) is 13.2 Å². The van der Waals surface area contributed by atoms with Crippen LogP contribution in [0.25, 0.3) is 0 Å². The van der Waals surface area contributed by atoms with E-state index in [1.165, 1.54) is 6.07 Å². The lowest BCUT2D eigenvalue weighted by Gasteiger charge is -2.20. The zero-order valence-electron chi connectivity index (χ0n) is 20.2. The van der Waals surface area contributed by atoms with E-state index < -0.39 is 29.2 Å². The quantitative estimate of drug-likeness (QED) is 0.168. The van der Waals surface area contributed by atoms with Crippen LogP contribution in [0, 0.1) is 17.0 Å². The Morgan fingerprint density at radius 3 is 2.35 bits per heavy atom. The Bertz CT molecular complexity index is 1150. The lowest BCUT2D eigenvalue weighted by molar-refractivity contribution is -0.133. The molecule has 1 amide bonds. The molecule has 1 heterocycles. The second kappa shape index (κ2) is 15.8. The molecule has 4 N–H and O–H groups in total. The fraction of sp³-hybridized carbons (Fsp3) is 0.269. The summed E-state index contributed by atoms with van der Waals surface area (Å²) in [5.74, 6) is -2.76. The van der Waals surface area contributed by atoms with Crippen molar-refractivity contribution in [3.05, 3.63) is 94.8 Å². The SMILES string of the molecule is CCO[C@H](C(=O)NCc1ccc(C(=N)N)cc1)c1c(F)ccc(OCCCc2ccncc2)c1F.Cl.Cl. The number of nitrogens with two attached hydrogens (primary N) is 1. The average molecular weight is 555 g/mol. The average Bonchev–Trinajstić information content (AvgIpc) is 2.86. The van der Waals surface area contributed by atoms with Crippen LogP contribution in [0.3, 0.4) is 0 Å². The van der Waals surface area contributed by atoms with Crippen LogP contribution in [0.15, 0.2) is 60.9 Å². The van der Waals surface area contributed by atoms with Crippen LogP contribution in [0.2, 0.25) is 0 Å². The summed E-state index contributed by atoms with van der Waals surface area (Å²) in [4.78, 5) is 16.8. The van der Waals surface area contributed by atoms with Gasteiger partial charge in [-0.1, -0.05) is 24.3 Å². The molecule has 37 heavy (non-hydrogen) atoms. The molecule has 0 unspecified atom stereocenters. The Labute approximate surface area is 227 Å². The summed E-state index contributed by atoms with van der Waals surface area (Å²) >= 11 is 0. The molecule has 2 aromatic carbocycles. The summed E-state index contributed by atoms with van der Waals surface area (Å²) < 4.78 is 40.9. The summed E-state index contributed by atoms with van der Waals surface area (Å²) in [6, 6.07) is 12.8. The van der Waals surface area contributed by atoms with Crippen LogP contribution < -0.4 is 15.8 Å². The Hall–Kier alpha value is -3.27. The number of amidine groups is 1. The molecule has 0 radical (unpaired) electrons. The highest BCUT2D eigenvalue weighted by Crippen LogP contribution is 2.30. The second-order valence-electron chi connectivity index (χ2n) is 7.74. The van der Waals surface area contributed by atoms with Gasteiger partial charge in [0.15, 0.2) is 17.7 Å². The van der Waals surface area contributed by atoms with Crippen LogP contribution in [-0.4, -0.2) is 29.9 Å². The van der Waals surface area contributed by atoms with Crippen LogP contribution >= 0.6 is 24.8 Å². The molecular formula is C26H30Cl2F2N4O3. The number of nitrogens with one attached hydrogen (secondary N) is 2. The summed E-state index contributed by atoms with van der Waals surface area (Å²) in [5.41, 5.74) is 7.30. The van der Waals surface area contributed by atoms with E-state index in [2.05, 4.69) is 10.3 Å². The van der Waals surface area contributed by atoms with Gasteiger partial charge in [-0.25, -0.2) is 8.78 Å². The molecule has 0 aliphatic heterocycles. The largest absolute Gasteiger partial charge is 0.490 e. The first-order valence-corrected chi connectivity index (χ1v) is 11.2. The molecule has 0 saturated heterocycles. The predicted octanol–water partition coefficient (Wildman–Crippen LogP) is 4.89. The lowest BCUT2D eigenvalue weighted by Crippen LogP contribution is -2.31. The zero-order valence-corrected chi connectivity index (χ0v) is 21.8. The molecule has 0 saturated carbocycles. The molecule has 0 fully saturated rings. The molecule has 3 aromatic rings. The number of amides is 1. The number of aromatic nitrogens is 1. The van der Waals surface area contributed by atoms with E-state index in [4.69, 9.17) is 20.6 Å². The fourth-order valence-electron chi connectivity index (χ4n) is 3.45. The van der Waals surface area contributed by atoms with Gasteiger partial charge >= 0.3 is 0 Å². The van der Waals surface area contributed by atoms with E-state index in [1.807, 2.05) is 12.1 Å². The third-order valence-corrected chi connectivity index (χ3v) is 5.27. The number of carbonyl (C=O) groups excluding carboxylic acids is 1. The van der Waals surface area contributed by atoms with Gasteiger partial charge in [0.05, 0.1) is 12.2 Å². The number of carbonyl (C=O) groups is 1. The number of halogens is 4. The van der Waals surface area contributed by atoms with E-state index in [0.29, 0.717) is 12.0 Å². The standard InChI is InChI=1S/C26H28F2N4O3.2ClH/c1-2-34-24(26(33)32-16-18-5-7-19(8-6-18)25(29)30)22-20(27)9-10-21(23(22)28)35-15-3-4-17-11-13-31-14-12-17;;/h5-14,24H,2-4,15-16H2,1H3,(H3,29,30)(H,32,33);2*1H/t24-;;/m0../s1. The van der Waals surface area contributed by atoms with Gasteiger partial charge in [0.25, 0.3) is 5.91 Å². The second-order valence-corrected chi connectivity index (χ2v) is 7.74. The van der Waals surface area contributed by atoms with Gasteiger partial charge < -0.3 is 20.5 Å². The monoisotopic (exact) mass is 554 g/mol. The number of hydrogen-bond donors (Lipinski definition) is 3. The van der Waals surface area contributed by atoms with Crippen LogP contribution in [0.4, 0.5) is 8.78 Å². The topological polar surface area (TPSA) is 110 Å². The van der Waals surface area contributed by atoms with E-state index >= 15 is 4.39 Å². The van der Waals surface area contributed by atoms with Gasteiger partial charge in [0, 0.05) is 31.1 Å². The van der Waals surface area contributed by atoms with E-state index in [9.17, 15) is 9.18 Å². The van der Waals surface area contributed by atoms with E-state index in [0.717, 1.165) is 23.6 Å². The van der Waals surface area contributed by atoms with Crippen molar-refractivity contribution in [3.63, 3.8) is 0 Å². The molecule has 0 aliphatic carbocycles. The van der Waals surface area contributed by atoms with Gasteiger partial charge in [-0.2, -0.15) is 0 Å². The molecule has 1 aromatic heterocycles. The normalized spacial score (nSPS) is 11.0. The van der Waals surface area contributed by atoms with Crippen molar-refractivity contribution in [3.8, 4) is 5.75 Å². The maximum atomic E-state index is 15.2. The molecule has 0 bridgehead atoms. The van der Waals surface area contributed by atoms with Crippen LogP contribution in [0.1, 0.15) is 41.7 Å². The lowest BCUT2D eigenvalue weighted by atomic mass is 10.1.